The van der Waals surface area contributed by atoms with Crippen LogP contribution in [0.4, 0.5) is 5.82 Å². The summed E-state index contributed by atoms with van der Waals surface area (Å²) in [5.41, 5.74) is 9.84. The van der Waals surface area contributed by atoms with Crippen molar-refractivity contribution in [3.63, 3.8) is 0 Å². The molecule has 4 N–H and O–H groups in total. The summed E-state index contributed by atoms with van der Waals surface area (Å²) < 4.78 is 2.49. The van der Waals surface area contributed by atoms with Crippen LogP contribution in [-0.2, 0) is 0 Å². The predicted octanol–water partition coefficient (Wildman–Crippen LogP) is 1.84. The molecule has 0 amide bonds. The Bertz CT molecular complexity index is 808. The van der Waals surface area contributed by atoms with Gasteiger partial charge in [-0.05, 0) is 15.9 Å². The van der Waals surface area contributed by atoms with Crippen molar-refractivity contribution in [1.29, 1.82) is 0 Å². The first-order chi connectivity index (χ1) is 10.8. The first-order valence-electron chi connectivity index (χ1n) is 6.90. The molecule has 0 saturated carbocycles. The average Bonchev–Trinajstić information content (AvgIpc) is 3.20. The van der Waals surface area contributed by atoms with Gasteiger partial charge in [0.05, 0.1) is 27.8 Å². The van der Waals surface area contributed by atoms with Crippen molar-refractivity contribution in [2.45, 2.75) is 5.25 Å². The number of hydrogen-bond acceptors (Lipinski definition) is 6. The zero-order valence-electron chi connectivity index (χ0n) is 11.6. The molecule has 1 atom stereocenters. The zero-order valence-corrected chi connectivity index (χ0v) is 14.0. The van der Waals surface area contributed by atoms with Crippen molar-refractivity contribution < 1.29 is 0 Å². The quantitative estimate of drug-likeness (QED) is 0.628. The van der Waals surface area contributed by atoms with E-state index in [1.807, 2.05) is 18.0 Å². The Morgan fingerprint density at radius 2 is 2.32 bits per heavy atom. The van der Waals surface area contributed by atoms with Crippen LogP contribution in [-0.4, -0.2) is 43.6 Å². The number of nitrogens with two attached hydrogens (primary N) is 1. The van der Waals surface area contributed by atoms with Gasteiger partial charge in [-0.15, -0.1) is 11.8 Å². The van der Waals surface area contributed by atoms with Gasteiger partial charge >= 0.3 is 0 Å². The number of nitrogens with one attached hydrogen (secondary N) is 2. The maximum Gasteiger partial charge on any atom is 0.165 e. The summed E-state index contributed by atoms with van der Waals surface area (Å²) in [7, 11) is 0. The molecule has 1 aliphatic heterocycles. The van der Waals surface area contributed by atoms with Crippen LogP contribution >= 0.6 is 27.7 Å². The summed E-state index contributed by atoms with van der Waals surface area (Å²) in [4.78, 5) is 4.85. The average molecular weight is 380 g/mol. The number of aromatic nitrogens is 5. The van der Waals surface area contributed by atoms with Gasteiger partial charge in [0.25, 0.3) is 0 Å². The van der Waals surface area contributed by atoms with E-state index in [1.54, 1.807) is 16.9 Å². The Morgan fingerprint density at radius 1 is 1.41 bits per heavy atom. The molecule has 1 unspecified atom stereocenters. The van der Waals surface area contributed by atoms with Gasteiger partial charge < -0.3 is 11.1 Å². The topological polar surface area (TPSA) is 96.9 Å². The number of nitrogens with zero attached hydrogens (tertiary/aromatic N) is 4. The lowest BCUT2D eigenvalue weighted by atomic mass is 10.2. The van der Waals surface area contributed by atoms with Crippen molar-refractivity contribution in [3.05, 3.63) is 28.8 Å². The highest BCUT2D eigenvalue weighted by Gasteiger charge is 2.24. The highest BCUT2D eigenvalue weighted by atomic mass is 79.9. The van der Waals surface area contributed by atoms with Crippen molar-refractivity contribution in [2.24, 2.45) is 0 Å². The van der Waals surface area contributed by atoms with Gasteiger partial charge in [0.15, 0.2) is 5.65 Å². The summed E-state index contributed by atoms with van der Waals surface area (Å²) in [6.45, 7) is 1.92. The number of halogens is 1. The molecule has 22 heavy (non-hydrogen) atoms. The van der Waals surface area contributed by atoms with Gasteiger partial charge in [-0.1, -0.05) is 0 Å². The number of fused-ring (bicyclic) bond motifs is 1. The van der Waals surface area contributed by atoms with Crippen LogP contribution in [0.5, 0.6) is 0 Å². The molecule has 0 radical (unpaired) electrons. The van der Waals surface area contributed by atoms with E-state index in [2.05, 4.69) is 36.5 Å². The zero-order chi connectivity index (χ0) is 15.1. The predicted molar refractivity (Wildman–Crippen MR) is 90.7 cm³/mol. The van der Waals surface area contributed by atoms with Gasteiger partial charge in [-0.3, -0.25) is 5.10 Å². The number of hydrogen-bond donors (Lipinski definition) is 3. The Balaban J connectivity index is 1.90. The third-order valence-corrected chi connectivity index (χ3v) is 5.73. The molecule has 4 rings (SSSR count). The SMILES string of the molecule is Nc1c(Br)c(C2CNCCS2)nc2c(-c3cn[nH]c3)cnn12. The number of anilines is 1. The van der Waals surface area contributed by atoms with E-state index in [0.29, 0.717) is 5.82 Å². The third kappa shape index (κ3) is 2.20. The fourth-order valence-corrected chi connectivity index (χ4v) is 4.36. The lowest BCUT2D eigenvalue weighted by Crippen LogP contribution is -2.29. The standard InChI is InChI=1S/C13H14BrN7S/c14-10-11(9-6-16-1-2-22-9)20-13-8(7-3-17-18-4-7)5-19-21(13)12(10)15/h3-5,9,16H,1-2,6,15H2,(H,17,18). The number of thioether (sulfide) groups is 1. The molecule has 114 valence electrons. The molecule has 1 saturated heterocycles. The van der Waals surface area contributed by atoms with Crippen molar-refractivity contribution >= 4 is 39.2 Å². The second-order valence-corrected chi connectivity index (χ2v) is 7.14. The number of H-pyrrole nitrogens is 1. The highest BCUT2D eigenvalue weighted by Crippen LogP contribution is 2.37. The van der Waals surface area contributed by atoms with Crippen molar-refractivity contribution in [3.8, 4) is 11.1 Å². The van der Waals surface area contributed by atoms with Crippen molar-refractivity contribution in [2.75, 3.05) is 24.6 Å². The monoisotopic (exact) mass is 379 g/mol. The van der Waals surface area contributed by atoms with Crippen LogP contribution < -0.4 is 11.1 Å². The maximum absolute atomic E-state index is 6.25. The highest BCUT2D eigenvalue weighted by molar-refractivity contribution is 9.10. The smallest absolute Gasteiger partial charge is 0.165 e. The Labute approximate surface area is 139 Å². The molecular weight excluding hydrogens is 366 g/mol. The summed E-state index contributed by atoms with van der Waals surface area (Å²) in [6, 6.07) is 0. The van der Waals surface area contributed by atoms with E-state index in [1.165, 1.54) is 0 Å². The molecular formula is C13H14BrN7S. The Morgan fingerprint density at radius 3 is 3.05 bits per heavy atom. The number of rotatable bonds is 2. The number of aromatic amines is 1. The van der Waals surface area contributed by atoms with Crippen LogP contribution in [0.3, 0.4) is 0 Å². The fourth-order valence-electron chi connectivity index (χ4n) is 2.57. The molecule has 7 nitrogen and oxygen atoms in total. The van der Waals surface area contributed by atoms with Gasteiger partial charge in [0, 0.05) is 36.2 Å². The Hall–Kier alpha value is -1.58. The lowest BCUT2D eigenvalue weighted by Gasteiger charge is -2.23. The second kappa shape index (κ2) is 5.56. The van der Waals surface area contributed by atoms with Crippen LogP contribution in [0.1, 0.15) is 10.9 Å². The molecule has 1 aliphatic rings. The van der Waals surface area contributed by atoms with E-state index in [-0.39, 0.29) is 5.25 Å². The van der Waals surface area contributed by atoms with Gasteiger partial charge in [-0.25, -0.2) is 4.98 Å². The van der Waals surface area contributed by atoms with Gasteiger partial charge in [0.2, 0.25) is 0 Å². The van der Waals surface area contributed by atoms with E-state index >= 15 is 0 Å². The summed E-state index contributed by atoms with van der Waals surface area (Å²) in [5, 5.41) is 14.9. The molecule has 1 fully saturated rings. The normalized spacial score (nSPS) is 18.9. The molecule has 0 spiro atoms. The van der Waals surface area contributed by atoms with E-state index < -0.39 is 0 Å². The van der Waals surface area contributed by atoms with E-state index in [9.17, 15) is 0 Å². The Kier molecular flexibility index (Phi) is 3.55. The summed E-state index contributed by atoms with van der Waals surface area (Å²) >= 11 is 5.48. The molecule has 9 heteroatoms. The lowest BCUT2D eigenvalue weighted by molar-refractivity contribution is 0.678. The summed E-state index contributed by atoms with van der Waals surface area (Å²) in [6.07, 6.45) is 5.35. The second-order valence-electron chi connectivity index (χ2n) is 5.04. The van der Waals surface area contributed by atoms with Gasteiger partial charge in [-0.2, -0.15) is 14.7 Å². The first kappa shape index (κ1) is 14.0. The molecule has 0 bridgehead atoms. The molecule has 4 heterocycles. The molecule has 3 aromatic heterocycles. The van der Waals surface area contributed by atoms with Crippen LogP contribution in [0, 0.1) is 0 Å². The minimum Gasteiger partial charge on any atom is -0.383 e. The van der Waals surface area contributed by atoms with Gasteiger partial charge in [0.1, 0.15) is 5.82 Å². The number of nitrogen functional groups attached to an aromatic ring is 1. The van der Waals surface area contributed by atoms with Crippen LogP contribution in [0.2, 0.25) is 0 Å². The van der Waals surface area contributed by atoms with Crippen molar-refractivity contribution in [1.82, 2.24) is 30.1 Å². The largest absolute Gasteiger partial charge is 0.383 e. The third-order valence-electron chi connectivity index (χ3n) is 3.69. The molecule has 3 aromatic rings. The minimum atomic E-state index is 0.280. The molecule has 0 aromatic carbocycles. The van der Waals surface area contributed by atoms with Crippen LogP contribution in [0.15, 0.2) is 23.1 Å². The minimum absolute atomic E-state index is 0.280. The maximum atomic E-state index is 6.25. The van der Waals surface area contributed by atoms with E-state index in [0.717, 1.165) is 45.8 Å². The fraction of sp³-hybridized carbons (Fsp3) is 0.308. The van der Waals surface area contributed by atoms with Crippen LogP contribution in [0.25, 0.3) is 16.8 Å². The molecule has 0 aliphatic carbocycles. The summed E-state index contributed by atoms with van der Waals surface area (Å²) in [5.74, 6) is 1.64. The van der Waals surface area contributed by atoms with E-state index in [4.69, 9.17) is 10.7 Å². The first-order valence-corrected chi connectivity index (χ1v) is 8.74.